The van der Waals surface area contributed by atoms with Crippen molar-refractivity contribution in [3.8, 4) is 0 Å². The fourth-order valence-corrected chi connectivity index (χ4v) is 17.3. The summed E-state index contributed by atoms with van der Waals surface area (Å²) in [4.78, 5) is 30.0. The second kappa shape index (κ2) is 17.6. The number of aliphatic imine (C=N–C) groups is 1. The molecule has 0 unspecified atom stereocenters. The summed E-state index contributed by atoms with van der Waals surface area (Å²) in [6.45, 7) is 18.5. The minimum Gasteiger partial charge on any atom is -0.390 e. The normalized spacial score (nSPS) is 45.8. The van der Waals surface area contributed by atoms with Gasteiger partial charge >= 0.3 is 0 Å². The molecule has 7 nitrogen and oxygen atoms in total. The molecule has 0 amide bonds. The van der Waals surface area contributed by atoms with E-state index in [1.165, 1.54) is 93.9 Å². The molecule has 0 saturated heterocycles. The van der Waals surface area contributed by atoms with Crippen LogP contribution in [0.4, 0.5) is 0 Å². The summed E-state index contributed by atoms with van der Waals surface area (Å²) in [5, 5.41) is 26.2. The summed E-state index contributed by atoms with van der Waals surface area (Å²) in [6, 6.07) is 0. The van der Waals surface area contributed by atoms with Crippen LogP contribution in [0.3, 0.4) is 0 Å². The van der Waals surface area contributed by atoms with Crippen LogP contribution in [0, 0.1) is 95.7 Å². The van der Waals surface area contributed by atoms with Gasteiger partial charge in [0.25, 0.3) is 0 Å². The minimum atomic E-state index is -0.439. The van der Waals surface area contributed by atoms with Crippen molar-refractivity contribution in [2.45, 2.75) is 189 Å². The summed E-state index contributed by atoms with van der Waals surface area (Å²) in [5.41, 5.74) is 4.31. The zero-order valence-corrected chi connectivity index (χ0v) is 40.9. The van der Waals surface area contributed by atoms with Crippen LogP contribution < -0.4 is 0 Å². The van der Waals surface area contributed by atoms with E-state index in [4.69, 9.17) is 0 Å². The second-order valence-corrected chi connectivity index (χ2v) is 24.2. The summed E-state index contributed by atoms with van der Waals surface area (Å²) >= 11 is 3.42. The Bertz CT molecular complexity index is 1810. The largest absolute Gasteiger partial charge is 0.390 e. The first-order valence-corrected chi connectivity index (χ1v) is 26.2. The van der Waals surface area contributed by atoms with E-state index in [0.717, 1.165) is 110 Å². The van der Waals surface area contributed by atoms with Crippen LogP contribution >= 0.6 is 15.9 Å². The number of hydrogen-bond acceptors (Lipinski definition) is 6. The molecule has 8 saturated carbocycles. The Balaban J connectivity index is 0.000000148. The molecule has 61 heavy (non-hydrogen) atoms. The third-order valence-electron chi connectivity index (χ3n) is 20.2. The Hall–Kier alpha value is -1.64. The third kappa shape index (κ3) is 8.90. The number of halogens is 1. The number of carbonyl (C=O) groups is 2. The predicted octanol–water partition coefficient (Wildman–Crippen LogP) is 11.5. The number of nitrogens with zero attached hydrogens (tertiary/aromatic N) is 3. The lowest BCUT2D eigenvalue weighted by atomic mass is 9.49. The van der Waals surface area contributed by atoms with Gasteiger partial charge in [-0.3, -0.25) is 19.3 Å². The van der Waals surface area contributed by atoms with E-state index in [1.54, 1.807) is 0 Å². The Kier molecular flexibility index (Phi) is 13.3. The average molecular weight is 905 g/mol. The molecule has 340 valence electrons. The van der Waals surface area contributed by atoms with E-state index in [-0.39, 0.29) is 16.7 Å². The first-order valence-electron chi connectivity index (χ1n) is 25.1. The van der Waals surface area contributed by atoms with E-state index in [1.807, 2.05) is 38.6 Å². The topological polar surface area (TPSA) is 105 Å². The molecule has 0 radical (unpaired) electrons. The maximum atomic E-state index is 13.4. The van der Waals surface area contributed by atoms with E-state index < -0.39 is 11.2 Å². The van der Waals surface area contributed by atoms with Gasteiger partial charge in [-0.15, -0.1) is 0 Å². The quantitative estimate of drug-likeness (QED) is 0.286. The van der Waals surface area contributed by atoms with Crippen LogP contribution in [0.15, 0.2) is 22.8 Å². The van der Waals surface area contributed by atoms with E-state index in [2.05, 4.69) is 59.8 Å². The van der Waals surface area contributed by atoms with Crippen molar-refractivity contribution in [3.05, 3.63) is 29.1 Å². The molecule has 0 bridgehead atoms. The fraction of sp³-hybridized carbons (Fsp3) is 0.849. The molecule has 1 aliphatic heterocycles. The molecule has 1 aromatic heterocycles. The third-order valence-corrected chi connectivity index (χ3v) is 20.7. The highest BCUT2D eigenvalue weighted by Gasteiger charge is 2.60. The van der Waals surface area contributed by atoms with Gasteiger partial charge in [0.05, 0.1) is 35.3 Å². The number of carbonyl (C=O) groups excluding carboxylic acids is 2. The van der Waals surface area contributed by atoms with Gasteiger partial charge in [-0.1, -0.05) is 35.9 Å². The van der Waals surface area contributed by atoms with Gasteiger partial charge in [0, 0.05) is 23.7 Å². The molecule has 1 aromatic rings. The Morgan fingerprint density at radius 1 is 0.656 bits per heavy atom. The van der Waals surface area contributed by atoms with E-state index >= 15 is 0 Å². The zero-order chi connectivity index (χ0) is 43.6. The molecule has 8 fully saturated rings. The lowest BCUT2D eigenvalue weighted by Crippen LogP contribution is -2.51. The van der Waals surface area contributed by atoms with Crippen molar-refractivity contribution >= 4 is 33.2 Å². The van der Waals surface area contributed by atoms with E-state index in [0.29, 0.717) is 29.4 Å². The molecular formula is C53H82BrN3O4. The maximum absolute atomic E-state index is 13.4. The van der Waals surface area contributed by atoms with Crippen molar-refractivity contribution in [1.82, 2.24) is 9.78 Å². The van der Waals surface area contributed by atoms with Gasteiger partial charge in [-0.05, 0) is 238 Å². The number of ketones is 2. The Morgan fingerprint density at radius 2 is 1.15 bits per heavy atom. The number of fused-ring (bicyclic) bond motifs is 10. The number of aryl methyl sites for hydroxylation is 2. The SMILES string of the molecule is CC1=CCN=C1C.C[C@@]1(O)CC[C@H]2[C@H](CC[C@@H]3[C@@H]2CC[C@]2(C)[C@@H](C(=O)CBr)CC[C@@H]32)C1.Cc1cn(CC(=O)[C@H]2CC[C@H]3[C@@H]4CC[C@@H]5C[C@](C)(O)CC[C@@H]5[C@H]4CC[C@]23C)nc1C. The summed E-state index contributed by atoms with van der Waals surface area (Å²) in [5.74, 6) is 9.35. The van der Waals surface area contributed by atoms with Gasteiger partial charge in [0.15, 0.2) is 5.78 Å². The highest BCUT2D eigenvalue weighted by Crippen LogP contribution is 2.66. The van der Waals surface area contributed by atoms with Gasteiger partial charge < -0.3 is 10.2 Å². The first kappa shape index (κ1) is 45.9. The van der Waals surface area contributed by atoms with Gasteiger partial charge in [0.1, 0.15) is 5.78 Å². The molecular weight excluding hydrogens is 823 g/mol. The van der Waals surface area contributed by atoms with Crippen LogP contribution in [0.5, 0.6) is 0 Å². The summed E-state index contributed by atoms with van der Waals surface area (Å²) in [7, 11) is 0. The van der Waals surface area contributed by atoms with Crippen molar-refractivity contribution in [1.29, 1.82) is 0 Å². The van der Waals surface area contributed by atoms with Crippen molar-refractivity contribution in [2.24, 2.45) is 86.8 Å². The molecule has 2 heterocycles. The van der Waals surface area contributed by atoms with Crippen molar-refractivity contribution < 1.29 is 19.8 Å². The van der Waals surface area contributed by atoms with Crippen LogP contribution in [0.1, 0.15) is 168 Å². The first-order chi connectivity index (χ1) is 28.8. The molecule has 0 spiro atoms. The van der Waals surface area contributed by atoms with Crippen LogP contribution in [-0.4, -0.2) is 60.3 Å². The number of allylic oxidation sites excluding steroid dienone is 1. The average Bonchev–Trinajstić information content (AvgIpc) is 3.96. The Labute approximate surface area is 377 Å². The van der Waals surface area contributed by atoms with Crippen molar-refractivity contribution in [3.63, 3.8) is 0 Å². The number of aromatic nitrogens is 2. The monoisotopic (exact) mass is 904 g/mol. The van der Waals surface area contributed by atoms with Crippen LogP contribution in [0.25, 0.3) is 0 Å². The highest BCUT2D eigenvalue weighted by atomic mass is 79.9. The van der Waals surface area contributed by atoms with Crippen LogP contribution in [0.2, 0.25) is 0 Å². The highest BCUT2D eigenvalue weighted by molar-refractivity contribution is 9.09. The standard InChI is InChI=1S/C26H40N2O2.C21H33BrO2.C6H9N/c1-16-14-28(27-17(16)2)15-24(29)23-8-7-22-21-6-5-18-13-25(3,30)11-9-19(18)20(21)10-12-26(22,23)4;1-20(24)9-7-14-13(11-20)3-4-16-15(14)8-10-21(2)17(16)5-6-18(21)19(23)12-22;1-5-3-4-7-6(5)2/h14,18-23,30H,5-13,15H2,1-4H3;13-18,24H,3-12H2,1-2H3;3H,4H2,1-2H3/t18-,19+,20-,21-,22+,23-,25-,26+;13-,14+,15-,16-,17+,18-,20-,21+;/m11./s1. The number of rotatable bonds is 5. The fourth-order valence-electron chi connectivity index (χ4n) is 16.9. The molecule has 9 aliphatic rings. The smallest absolute Gasteiger partial charge is 0.157 e. The molecule has 2 N–H and O–H groups in total. The minimum absolute atomic E-state index is 0.183. The van der Waals surface area contributed by atoms with Gasteiger partial charge in [0.2, 0.25) is 0 Å². The van der Waals surface area contributed by atoms with Gasteiger partial charge in [-0.2, -0.15) is 5.10 Å². The molecule has 8 aliphatic carbocycles. The summed E-state index contributed by atoms with van der Waals surface area (Å²) in [6.07, 6.45) is 25.7. The molecule has 16 atom stereocenters. The predicted molar refractivity (Wildman–Crippen MR) is 250 cm³/mol. The van der Waals surface area contributed by atoms with Crippen molar-refractivity contribution in [2.75, 3.05) is 11.9 Å². The van der Waals surface area contributed by atoms with Crippen LogP contribution in [-0.2, 0) is 16.1 Å². The maximum Gasteiger partial charge on any atom is 0.157 e. The Morgan fingerprint density at radius 3 is 1.56 bits per heavy atom. The number of Topliss-reactive ketones (excluding diaryl/α,β-unsaturated/α-hetero) is 2. The molecule has 0 aromatic carbocycles. The summed E-state index contributed by atoms with van der Waals surface area (Å²) < 4.78 is 1.87. The number of aliphatic hydroxyl groups is 2. The lowest BCUT2D eigenvalue weighted by Gasteiger charge is -2.56. The number of alkyl halides is 1. The second-order valence-electron chi connectivity index (χ2n) is 23.7. The van der Waals surface area contributed by atoms with Gasteiger partial charge in [-0.25, -0.2) is 0 Å². The molecule has 8 heteroatoms. The lowest BCUT2D eigenvalue weighted by molar-refractivity contribution is -0.133. The zero-order valence-electron chi connectivity index (χ0n) is 39.4. The number of hydrogen-bond donors (Lipinski definition) is 2. The van der Waals surface area contributed by atoms with E-state index in [9.17, 15) is 19.8 Å². The molecule has 10 rings (SSSR count).